The molecule has 1 aromatic carbocycles. The largest absolute Gasteiger partial charge is 0.383 e. The number of carbonyl (C=O) groups excluding carboxylic acids is 1. The van der Waals surface area contributed by atoms with Gasteiger partial charge in [0.15, 0.2) is 0 Å². The zero-order valence-corrected chi connectivity index (χ0v) is 11.5. The molecule has 6 nitrogen and oxygen atoms in total. The van der Waals surface area contributed by atoms with E-state index in [4.69, 9.17) is 16.3 Å². The van der Waals surface area contributed by atoms with Crippen LogP contribution in [0.4, 0.5) is 5.69 Å². The number of para-hydroxylation sites is 1. The minimum Gasteiger partial charge on any atom is -0.383 e. The van der Waals surface area contributed by atoms with Gasteiger partial charge < -0.3 is 9.64 Å². The van der Waals surface area contributed by atoms with Gasteiger partial charge in [0.1, 0.15) is 5.56 Å². The lowest BCUT2D eigenvalue weighted by molar-refractivity contribution is -0.385. The number of halogens is 1. The highest BCUT2D eigenvalue weighted by Crippen LogP contribution is 2.19. The van der Waals surface area contributed by atoms with Gasteiger partial charge in [-0.15, -0.1) is 11.6 Å². The lowest BCUT2D eigenvalue weighted by Gasteiger charge is -2.20. The van der Waals surface area contributed by atoms with Crippen molar-refractivity contribution in [2.24, 2.45) is 0 Å². The minimum absolute atomic E-state index is 0.0521. The first kappa shape index (κ1) is 15.4. The fourth-order valence-corrected chi connectivity index (χ4v) is 1.97. The molecule has 0 saturated carbocycles. The lowest BCUT2D eigenvalue weighted by Crippen LogP contribution is -2.34. The van der Waals surface area contributed by atoms with Gasteiger partial charge in [0.25, 0.3) is 11.6 Å². The van der Waals surface area contributed by atoms with E-state index >= 15 is 0 Å². The predicted molar refractivity (Wildman–Crippen MR) is 71.6 cm³/mol. The van der Waals surface area contributed by atoms with Crippen molar-refractivity contribution in [1.29, 1.82) is 0 Å². The second-order valence-corrected chi connectivity index (χ2v) is 4.63. The average Bonchev–Trinajstić information content (AvgIpc) is 2.37. The summed E-state index contributed by atoms with van der Waals surface area (Å²) >= 11 is 5.96. The summed E-state index contributed by atoms with van der Waals surface area (Å²) in [5, 5.41) is 10.5. The third kappa shape index (κ3) is 4.18. The molecule has 1 unspecified atom stereocenters. The molecule has 0 aromatic heterocycles. The molecular formula is C12H15ClN2O4. The molecule has 19 heavy (non-hydrogen) atoms. The summed E-state index contributed by atoms with van der Waals surface area (Å²) in [7, 11) is 3.06. The summed E-state index contributed by atoms with van der Waals surface area (Å²) in [6, 6.07) is 5.83. The van der Waals surface area contributed by atoms with Crippen LogP contribution in [-0.4, -0.2) is 48.4 Å². The molecule has 1 aromatic rings. The van der Waals surface area contributed by atoms with Crippen LogP contribution in [0.1, 0.15) is 10.4 Å². The quantitative estimate of drug-likeness (QED) is 0.455. The fraction of sp³-hybridized carbons (Fsp3) is 0.417. The third-order valence-corrected chi connectivity index (χ3v) is 2.76. The molecule has 0 spiro atoms. The van der Waals surface area contributed by atoms with E-state index < -0.39 is 10.8 Å². The summed E-state index contributed by atoms with van der Waals surface area (Å²) in [5.74, 6) is -0.436. The van der Waals surface area contributed by atoms with Crippen LogP contribution in [0.25, 0.3) is 0 Å². The van der Waals surface area contributed by atoms with E-state index in [1.807, 2.05) is 0 Å². The Bertz CT molecular complexity index is 467. The van der Waals surface area contributed by atoms with Crippen LogP contribution >= 0.6 is 11.6 Å². The molecule has 0 N–H and O–H groups in total. The van der Waals surface area contributed by atoms with Gasteiger partial charge in [0.05, 0.1) is 16.9 Å². The van der Waals surface area contributed by atoms with Crippen LogP contribution in [0.5, 0.6) is 0 Å². The van der Waals surface area contributed by atoms with Crippen LogP contribution in [0.15, 0.2) is 24.3 Å². The standard InChI is InChI=1S/C12H15ClN2O4/c1-14(7-9(13)8-19-2)12(16)10-5-3-4-6-11(10)15(17)18/h3-6,9H,7-8H2,1-2H3. The second kappa shape index (κ2) is 7.06. The summed E-state index contributed by atoms with van der Waals surface area (Å²) < 4.78 is 4.87. The van der Waals surface area contributed by atoms with Crippen molar-refractivity contribution in [1.82, 2.24) is 4.90 Å². The number of carbonyl (C=O) groups is 1. The Kier molecular flexibility index (Phi) is 5.72. The molecule has 0 bridgehead atoms. The molecular weight excluding hydrogens is 272 g/mol. The number of hydrogen-bond acceptors (Lipinski definition) is 4. The van der Waals surface area contributed by atoms with E-state index in [1.54, 1.807) is 13.1 Å². The number of rotatable bonds is 6. The first-order valence-corrected chi connectivity index (χ1v) is 6.03. The Morgan fingerprint density at radius 1 is 1.53 bits per heavy atom. The van der Waals surface area contributed by atoms with Gasteiger partial charge >= 0.3 is 0 Å². The minimum atomic E-state index is -0.575. The molecule has 0 fully saturated rings. The van der Waals surface area contributed by atoms with Gasteiger partial charge in [-0.3, -0.25) is 14.9 Å². The van der Waals surface area contributed by atoms with Crippen LogP contribution in [0, 0.1) is 10.1 Å². The van der Waals surface area contributed by atoms with Crippen molar-refractivity contribution in [3.05, 3.63) is 39.9 Å². The van der Waals surface area contributed by atoms with E-state index in [-0.39, 0.29) is 23.2 Å². The van der Waals surface area contributed by atoms with Crippen molar-refractivity contribution in [3.63, 3.8) is 0 Å². The first-order chi connectivity index (χ1) is 8.97. The monoisotopic (exact) mass is 286 g/mol. The second-order valence-electron chi connectivity index (χ2n) is 4.01. The molecule has 1 atom stereocenters. The molecule has 104 valence electrons. The van der Waals surface area contributed by atoms with Crippen LogP contribution in [-0.2, 0) is 4.74 Å². The summed E-state index contributed by atoms with van der Waals surface area (Å²) in [5.41, 5.74) is -0.159. The van der Waals surface area contributed by atoms with Crippen molar-refractivity contribution in [3.8, 4) is 0 Å². The highest BCUT2D eigenvalue weighted by Gasteiger charge is 2.23. The number of nitrogens with zero attached hydrogens (tertiary/aromatic N) is 2. The fourth-order valence-electron chi connectivity index (χ4n) is 1.63. The van der Waals surface area contributed by atoms with Gasteiger partial charge in [-0.05, 0) is 6.07 Å². The van der Waals surface area contributed by atoms with Crippen molar-refractivity contribution in [2.45, 2.75) is 5.38 Å². The highest BCUT2D eigenvalue weighted by molar-refractivity contribution is 6.21. The van der Waals surface area contributed by atoms with Crippen molar-refractivity contribution in [2.75, 3.05) is 27.3 Å². The van der Waals surface area contributed by atoms with E-state index in [0.29, 0.717) is 6.61 Å². The molecule has 0 aliphatic heterocycles. The Morgan fingerprint density at radius 2 is 2.16 bits per heavy atom. The Hall–Kier alpha value is -1.66. The van der Waals surface area contributed by atoms with E-state index in [0.717, 1.165) is 0 Å². The maximum Gasteiger partial charge on any atom is 0.282 e. The van der Waals surface area contributed by atoms with Gasteiger partial charge in [0.2, 0.25) is 0 Å². The number of ether oxygens (including phenoxy) is 1. The van der Waals surface area contributed by atoms with Gasteiger partial charge in [-0.2, -0.15) is 0 Å². The number of hydrogen-bond donors (Lipinski definition) is 0. The first-order valence-electron chi connectivity index (χ1n) is 5.59. The van der Waals surface area contributed by atoms with Gasteiger partial charge in [-0.25, -0.2) is 0 Å². The number of methoxy groups -OCH3 is 1. The van der Waals surface area contributed by atoms with E-state index in [1.165, 1.54) is 30.2 Å². The zero-order valence-electron chi connectivity index (χ0n) is 10.7. The van der Waals surface area contributed by atoms with E-state index in [2.05, 4.69) is 0 Å². The average molecular weight is 287 g/mol. The van der Waals surface area contributed by atoms with E-state index in [9.17, 15) is 14.9 Å². The summed E-state index contributed by atoms with van der Waals surface area (Å²) in [4.78, 5) is 23.8. The maximum absolute atomic E-state index is 12.1. The molecule has 7 heteroatoms. The zero-order chi connectivity index (χ0) is 14.4. The van der Waals surface area contributed by atoms with Crippen molar-refractivity contribution < 1.29 is 14.5 Å². The van der Waals surface area contributed by atoms with Gasteiger partial charge in [-0.1, -0.05) is 12.1 Å². The molecule has 0 heterocycles. The van der Waals surface area contributed by atoms with Crippen LogP contribution in [0.3, 0.4) is 0 Å². The number of alkyl halides is 1. The summed E-state index contributed by atoms with van der Waals surface area (Å²) in [6.45, 7) is 0.552. The lowest BCUT2D eigenvalue weighted by atomic mass is 10.1. The predicted octanol–water partition coefficient (Wildman–Crippen LogP) is 1.92. The topological polar surface area (TPSA) is 72.7 Å². The normalized spacial score (nSPS) is 11.9. The Morgan fingerprint density at radius 3 is 2.74 bits per heavy atom. The molecule has 1 rings (SSSR count). The number of nitro benzene ring substituents is 1. The SMILES string of the molecule is COCC(Cl)CN(C)C(=O)c1ccccc1[N+](=O)[O-]. The van der Waals surface area contributed by atoms with Crippen LogP contribution < -0.4 is 0 Å². The molecule has 1 amide bonds. The molecule has 0 aliphatic rings. The summed E-state index contributed by atoms with van der Waals surface area (Å²) in [6.07, 6.45) is 0. The molecule has 0 radical (unpaired) electrons. The smallest absolute Gasteiger partial charge is 0.282 e. The third-order valence-electron chi connectivity index (χ3n) is 2.50. The van der Waals surface area contributed by atoms with Gasteiger partial charge in [0, 0.05) is 26.8 Å². The Balaban J connectivity index is 2.85. The number of amides is 1. The van der Waals surface area contributed by atoms with Crippen molar-refractivity contribution >= 4 is 23.2 Å². The van der Waals surface area contributed by atoms with Crippen LogP contribution in [0.2, 0.25) is 0 Å². The molecule has 0 aliphatic carbocycles. The number of nitro groups is 1. The Labute approximate surface area is 116 Å². The number of benzene rings is 1. The highest BCUT2D eigenvalue weighted by atomic mass is 35.5. The maximum atomic E-state index is 12.1. The molecule has 0 saturated heterocycles.